The predicted octanol–water partition coefficient (Wildman–Crippen LogP) is 0.588. The van der Waals surface area contributed by atoms with Crippen LogP contribution in [0.2, 0.25) is 0 Å². The van der Waals surface area contributed by atoms with E-state index < -0.39 is 6.10 Å². The molecule has 14 heavy (non-hydrogen) atoms. The second-order valence-corrected chi connectivity index (χ2v) is 3.51. The normalized spacial score (nSPS) is 27.4. The van der Waals surface area contributed by atoms with E-state index in [1.165, 1.54) is 6.92 Å². The zero-order chi connectivity index (χ0) is 10.7. The lowest BCUT2D eigenvalue weighted by Gasteiger charge is -2.27. The average molecular weight is 198 g/mol. The maximum absolute atomic E-state index is 10.7. The topological polar surface area (TPSA) is 63.6 Å². The Balaban J connectivity index is 2.73. The van der Waals surface area contributed by atoms with Gasteiger partial charge in [-0.15, -0.1) is 0 Å². The highest BCUT2D eigenvalue weighted by molar-refractivity contribution is 5.75. The van der Waals surface area contributed by atoms with Gasteiger partial charge in [-0.25, -0.2) is 0 Å². The Morgan fingerprint density at radius 1 is 1.64 bits per heavy atom. The molecule has 0 saturated heterocycles. The van der Waals surface area contributed by atoms with Gasteiger partial charge in [-0.05, 0) is 18.1 Å². The van der Waals surface area contributed by atoms with Crippen molar-refractivity contribution >= 4 is 12.3 Å². The monoisotopic (exact) mass is 198 g/mol. The van der Waals surface area contributed by atoms with E-state index >= 15 is 0 Å². The first-order chi connectivity index (χ1) is 6.54. The first-order valence-corrected chi connectivity index (χ1v) is 4.54. The van der Waals surface area contributed by atoms with Gasteiger partial charge in [0.05, 0.1) is 6.10 Å². The Hall–Kier alpha value is -1.16. The lowest BCUT2D eigenvalue weighted by molar-refractivity contribution is -0.148. The standard InChI is InChI=1S/C10H14O4/c1-6-8(5-11)3-9(4-10(6)13)14-7(2)12/h5,9-10,13H,3-4H2,1-2H3. The van der Waals surface area contributed by atoms with E-state index in [1.807, 2.05) is 0 Å². The smallest absolute Gasteiger partial charge is 0.302 e. The van der Waals surface area contributed by atoms with E-state index in [4.69, 9.17) is 4.74 Å². The molecule has 0 bridgehead atoms. The van der Waals surface area contributed by atoms with Crippen LogP contribution in [0.15, 0.2) is 11.1 Å². The first kappa shape index (κ1) is 10.9. The Bertz CT molecular complexity index is 280. The first-order valence-electron chi connectivity index (χ1n) is 4.54. The van der Waals surface area contributed by atoms with Gasteiger partial charge in [0.2, 0.25) is 0 Å². The minimum absolute atomic E-state index is 0.369. The number of hydrogen-bond acceptors (Lipinski definition) is 4. The molecule has 2 atom stereocenters. The summed E-state index contributed by atoms with van der Waals surface area (Å²) in [6.07, 6.45) is 0.461. The molecule has 0 fully saturated rings. The number of rotatable bonds is 2. The van der Waals surface area contributed by atoms with Crippen molar-refractivity contribution in [3.05, 3.63) is 11.1 Å². The summed E-state index contributed by atoms with van der Waals surface area (Å²) in [6, 6.07) is 0. The molecule has 0 spiro atoms. The minimum Gasteiger partial charge on any atom is -0.462 e. The van der Waals surface area contributed by atoms with E-state index in [2.05, 4.69) is 0 Å². The zero-order valence-electron chi connectivity index (χ0n) is 8.32. The molecular formula is C10H14O4. The summed E-state index contributed by atoms with van der Waals surface area (Å²) >= 11 is 0. The Morgan fingerprint density at radius 3 is 2.79 bits per heavy atom. The fourth-order valence-electron chi connectivity index (χ4n) is 1.59. The Morgan fingerprint density at radius 2 is 2.29 bits per heavy atom. The SMILES string of the molecule is CC(=O)OC1CC(C=O)=C(C)C(O)C1. The van der Waals surface area contributed by atoms with Crippen LogP contribution in [0.1, 0.15) is 26.7 Å². The highest BCUT2D eigenvalue weighted by Crippen LogP contribution is 2.25. The summed E-state index contributed by atoms with van der Waals surface area (Å²) in [5, 5.41) is 9.55. The van der Waals surface area contributed by atoms with Crippen molar-refractivity contribution in [3.8, 4) is 0 Å². The largest absolute Gasteiger partial charge is 0.462 e. The molecule has 78 valence electrons. The molecule has 0 heterocycles. The van der Waals surface area contributed by atoms with Gasteiger partial charge in [-0.1, -0.05) is 0 Å². The van der Waals surface area contributed by atoms with Crippen molar-refractivity contribution in [2.75, 3.05) is 0 Å². The van der Waals surface area contributed by atoms with Crippen LogP contribution in [0.4, 0.5) is 0 Å². The fraction of sp³-hybridized carbons (Fsp3) is 0.600. The molecule has 1 rings (SSSR count). The molecule has 0 radical (unpaired) electrons. The van der Waals surface area contributed by atoms with Crippen molar-refractivity contribution in [2.24, 2.45) is 0 Å². The third-order valence-corrected chi connectivity index (χ3v) is 2.41. The summed E-state index contributed by atoms with van der Waals surface area (Å²) in [4.78, 5) is 21.3. The van der Waals surface area contributed by atoms with Gasteiger partial charge in [0, 0.05) is 19.8 Å². The van der Waals surface area contributed by atoms with E-state index in [9.17, 15) is 14.7 Å². The van der Waals surface area contributed by atoms with Gasteiger partial charge in [0.25, 0.3) is 0 Å². The van der Waals surface area contributed by atoms with Crippen molar-refractivity contribution < 1.29 is 19.4 Å². The second kappa shape index (κ2) is 4.37. The summed E-state index contributed by atoms with van der Waals surface area (Å²) in [6.45, 7) is 3.04. The number of aldehydes is 1. The number of carbonyl (C=O) groups is 2. The van der Waals surface area contributed by atoms with E-state index in [1.54, 1.807) is 6.92 Å². The fourth-order valence-corrected chi connectivity index (χ4v) is 1.59. The van der Waals surface area contributed by atoms with Gasteiger partial charge in [0.1, 0.15) is 12.4 Å². The molecule has 0 aromatic carbocycles. The third kappa shape index (κ3) is 2.42. The van der Waals surface area contributed by atoms with Crippen LogP contribution in [-0.2, 0) is 14.3 Å². The number of hydrogen-bond donors (Lipinski definition) is 1. The van der Waals surface area contributed by atoms with Crippen LogP contribution >= 0.6 is 0 Å². The molecule has 0 aromatic heterocycles. The Labute approximate surface area is 82.6 Å². The Kier molecular flexibility index (Phi) is 3.41. The number of aliphatic hydroxyl groups excluding tert-OH is 1. The molecule has 1 aliphatic carbocycles. The van der Waals surface area contributed by atoms with Crippen LogP contribution < -0.4 is 0 Å². The molecule has 0 aromatic rings. The molecule has 4 heteroatoms. The second-order valence-electron chi connectivity index (χ2n) is 3.51. The van der Waals surface area contributed by atoms with E-state index in [-0.39, 0.29) is 12.1 Å². The molecule has 4 nitrogen and oxygen atoms in total. The average Bonchev–Trinajstić information content (AvgIpc) is 2.10. The predicted molar refractivity (Wildman–Crippen MR) is 49.6 cm³/mol. The maximum Gasteiger partial charge on any atom is 0.302 e. The van der Waals surface area contributed by atoms with Gasteiger partial charge in [-0.3, -0.25) is 9.59 Å². The van der Waals surface area contributed by atoms with Crippen LogP contribution in [0, 0.1) is 0 Å². The van der Waals surface area contributed by atoms with Crippen LogP contribution in [-0.4, -0.2) is 29.6 Å². The van der Waals surface area contributed by atoms with Gasteiger partial charge >= 0.3 is 5.97 Å². The van der Waals surface area contributed by atoms with Gasteiger partial charge in [-0.2, -0.15) is 0 Å². The maximum atomic E-state index is 10.7. The molecule has 2 unspecified atom stereocenters. The third-order valence-electron chi connectivity index (χ3n) is 2.41. The molecule has 0 aliphatic heterocycles. The highest BCUT2D eigenvalue weighted by Gasteiger charge is 2.26. The number of carbonyl (C=O) groups excluding carboxylic acids is 2. The lowest BCUT2D eigenvalue weighted by atomic mass is 9.89. The molecule has 1 N–H and O–H groups in total. The van der Waals surface area contributed by atoms with Crippen LogP contribution in [0.3, 0.4) is 0 Å². The van der Waals surface area contributed by atoms with Crippen molar-refractivity contribution in [3.63, 3.8) is 0 Å². The summed E-state index contributed by atoms with van der Waals surface area (Å²) in [7, 11) is 0. The zero-order valence-corrected chi connectivity index (χ0v) is 8.32. The van der Waals surface area contributed by atoms with Crippen molar-refractivity contribution in [1.82, 2.24) is 0 Å². The lowest BCUT2D eigenvalue weighted by Crippen LogP contribution is -2.29. The van der Waals surface area contributed by atoms with Crippen molar-refractivity contribution in [1.29, 1.82) is 0 Å². The highest BCUT2D eigenvalue weighted by atomic mass is 16.5. The molecule has 0 saturated carbocycles. The summed E-state index contributed by atoms with van der Waals surface area (Å²) in [5.74, 6) is -0.382. The van der Waals surface area contributed by atoms with Crippen LogP contribution in [0.25, 0.3) is 0 Å². The number of esters is 1. The van der Waals surface area contributed by atoms with Crippen molar-refractivity contribution in [2.45, 2.75) is 38.9 Å². The minimum atomic E-state index is -0.673. The summed E-state index contributed by atoms with van der Waals surface area (Å²) < 4.78 is 4.95. The molecule has 1 aliphatic rings. The number of ether oxygens (including phenoxy) is 1. The molecular weight excluding hydrogens is 184 g/mol. The summed E-state index contributed by atoms with van der Waals surface area (Å²) in [5.41, 5.74) is 1.22. The van der Waals surface area contributed by atoms with Crippen LogP contribution in [0.5, 0.6) is 0 Å². The molecule has 0 amide bonds. The quantitative estimate of drug-likeness (QED) is 0.521. The van der Waals surface area contributed by atoms with Gasteiger partial charge < -0.3 is 9.84 Å². The number of aliphatic hydroxyl groups is 1. The van der Waals surface area contributed by atoms with Gasteiger partial charge in [0.15, 0.2) is 0 Å². The van der Waals surface area contributed by atoms with E-state index in [0.717, 1.165) is 0 Å². The van der Waals surface area contributed by atoms with E-state index in [0.29, 0.717) is 30.3 Å².